The average Bonchev–Trinajstić information content (AvgIpc) is 4.01. The average molecular weight is 1030 g/mol. The number of amides is 1. The maximum Gasteiger partial charge on any atom is 0.299 e. The van der Waals surface area contributed by atoms with Gasteiger partial charge in [0.15, 0.2) is 22.8 Å². The van der Waals surface area contributed by atoms with Gasteiger partial charge in [-0.15, -0.1) is 0 Å². The number of aryl methyl sites for hydroxylation is 2. The summed E-state index contributed by atoms with van der Waals surface area (Å²) in [7, 11) is 3.58. The number of nitrogens with one attached hydrogen (secondary N) is 3. The molecule has 0 aliphatic rings. The number of nitrogens with zero attached hydrogens (tertiary/aromatic N) is 10. The number of hydrogen-bond donors (Lipinski definition) is 4. The van der Waals surface area contributed by atoms with Crippen molar-refractivity contribution in [3.05, 3.63) is 204 Å². The molecule has 0 aliphatic carbocycles. The van der Waals surface area contributed by atoms with E-state index < -0.39 is 33.9 Å². The summed E-state index contributed by atoms with van der Waals surface area (Å²) < 4.78 is 44.3. The third-order valence-electron chi connectivity index (χ3n) is 10.3. The third kappa shape index (κ3) is 12.8. The number of allylic oxidation sites excluding steroid dienone is 1. The van der Waals surface area contributed by atoms with Crippen molar-refractivity contribution in [1.29, 1.82) is 0 Å². The van der Waals surface area contributed by atoms with Crippen molar-refractivity contribution in [3.8, 4) is 34.4 Å². The van der Waals surface area contributed by atoms with Crippen LogP contribution in [0, 0.1) is 11.6 Å². The third-order valence-corrected chi connectivity index (χ3v) is 10.4. The zero-order valence-electron chi connectivity index (χ0n) is 39.6. The molecular weight excluding hydrogens is 990 g/mol. The summed E-state index contributed by atoms with van der Waals surface area (Å²) >= 11 is 4.71. The number of carbonyl (C=O) groups is 2. The van der Waals surface area contributed by atoms with Crippen LogP contribution in [0.4, 0.5) is 43.4 Å². The molecule has 75 heavy (non-hydrogen) atoms. The molecule has 23 heteroatoms. The van der Waals surface area contributed by atoms with Crippen LogP contribution in [0.15, 0.2) is 181 Å². The van der Waals surface area contributed by atoms with Gasteiger partial charge in [-0.1, -0.05) is 25.3 Å². The van der Waals surface area contributed by atoms with Crippen molar-refractivity contribution in [2.24, 2.45) is 14.1 Å². The highest BCUT2D eigenvalue weighted by molar-refractivity contribution is 6.66. The molecule has 0 radical (unpaired) electrons. The number of anilines is 6. The SMILES string of the molecule is C=CC(=O)Cl.C=CC(=O)Nc1cccc(-n2c(=O)c(Oc3ccc(F)cc3)cc3cnc(Nc4cnn(C)c4)nc32)c1.Cn1cc(Nc2ncc3cc(Oc4ccc(F)cc4)c(=O)n(-c4cccc(N)c4)c3n2)cn1. The van der Waals surface area contributed by atoms with E-state index in [0.717, 1.165) is 12.2 Å². The summed E-state index contributed by atoms with van der Waals surface area (Å²) in [5.74, 6) is -0.0622. The number of halogens is 3. The molecule has 4 aromatic carbocycles. The lowest BCUT2D eigenvalue weighted by molar-refractivity contribution is -0.112. The molecular formula is C52H41ClF2N14O6. The highest BCUT2D eigenvalue weighted by atomic mass is 35.5. The molecule has 0 spiro atoms. The second-order valence-electron chi connectivity index (χ2n) is 15.8. The van der Waals surface area contributed by atoms with Gasteiger partial charge in [-0.05, 0) is 121 Å². The normalized spacial score (nSPS) is 10.6. The molecule has 0 fully saturated rings. The van der Waals surface area contributed by atoms with Crippen LogP contribution in [0.5, 0.6) is 23.0 Å². The van der Waals surface area contributed by atoms with Gasteiger partial charge >= 0.3 is 0 Å². The predicted molar refractivity (Wildman–Crippen MR) is 280 cm³/mol. The Bertz CT molecular complexity index is 3880. The molecule has 6 heterocycles. The van der Waals surface area contributed by atoms with Crippen LogP contribution in [0.25, 0.3) is 33.4 Å². The summed E-state index contributed by atoms with van der Waals surface area (Å²) in [5.41, 5.74) is 8.89. The van der Waals surface area contributed by atoms with Gasteiger partial charge in [-0.2, -0.15) is 20.2 Å². The number of ether oxygens (including phenoxy) is 2. The fourth-order valence-electron chi connectivity index (χ4n) is 6.96. The lowest BCUT2D eigenvalue weighted by Gasteiger charge is -2.14. The predicted octanol–water partition coefficient (Wildman–Crippen LogP) is 9.02. The van der Waals surface area contributed by atoms with E-state index in [1.807, 2.05) is 0 Å². The Morgan fingerprint density at radius 1 is 0.627 bits per heavy atom. The highest BCUT2D eigenvalue weighted by Crippen LogP contribution is 2.28. The summed E-state index contributed by atoms with van der Waals surface area (Å²) in [6.07, 6.45) is 12.1. The summed E-state index contributed by atoms with van der Waals surface area (Å²) in [5, 5.41) is 17.6. The number of rotatable bonds is 13. The van der Waals surface area contributed by atoms with Gasteiger partial charge in [0.25, 0.3) is 11.1 Å². The number of benzene rings is 4. The Kier molecular flexibility index (Phi) is 15.5. The van der Waals surface area contributed by atoms with Crippen LogP contribution < -0.4 is 42.3 Å². The van der Waals surface area contributed by atoms with E-state index in [2.05, 4.69) is 59.2 Å². The molecule has 0 atom stereocenters. The fourth-order valence-corrected chi connectivity index (χ4v) is 6.96. The largest absolute Gasteiger partial charge is 0.452 e. The number of carbonyl (C=O) groups excluding carboxylic acids is 2. The van der Waals surface area contributed by atoms with Gasteiger partial charge in [-0.25, -0.2) is 18.7 Å². The summed E-state index contributed by atoms with van der Waals surface area (Å²) in [4.78, 5) is 66.3. The first-order chi connectivity index (χ1) is 36.1. The van der Waals surface area contributed by atoms with Gasteiger partial charge in [0.1, 0.15) is 23.1 Å². The minimum absolute atomic E-state index is 0.0174. The molecule has 0 bridgehead atoms. The van der Waals surface area contributed by atoms with Gasteiger partial charge in [0, 0.05) is 61.0 Å². The van der Waals surface area contributed by atoms with Crippen LogP contribution >= 0.6 is 11.6 Å². The molecule has 6 aromatic heterocycles. The molecule has 1 amide bonds. The molecule has 0 saturated carbocycles. The van der Waals surface area contributed by atoms with Gasteiger partial charge in [-0.3, -0.25) is 37.7 Å². The molecule has 0 aliphatic heterocycles. The standard InChI is InChI=1S/C26H20FN7O3.C23H18FN7O2.C3H3ClO/c1-3-23(35)30-18-5-4-6-20(12-18)34-24-16(13-28-26(32-24)31-19-14-29-33(2)15-19)11-22(25(34)36)37-21-9-7-17(27)8-10-21;1-30-13-17(12-27-30)28-23-26-11-14-9-20(33-19-7-5-15(24)6-8-19)22(32)31(21(14)29-23)18-4-2-3-16(25)10-18;1-2-3(4)5/h3-15H,1H2,2H3,(H,30,35)(H,28,31,32);2-13H,25H2,1H3,(H,26,28,29);2H,1H2. The monoisotopic (exact) mass is 1030 g/mol. The molecule has 0 unspecified atom stereocenters. The number of fused-ring (bicyclic) bond motifs is 2. The van der Waals surface area contributed by atoms with E-state index in [4.69, 9.17) is 26.8 Å². The zero-order chi connectivity index (χ0) is 53.2. The summed E-state index contributed by atoms with van der Waals surface area (Å²) in [6, 6.07) is 27.4. The number of nitrogens with two attached hydrogens (primary N) is 1. The van der Waals surface area contributed by atoms with E-state index in [1.54, 1.807) is 115 Å². The van der Waals surface area contributed by atoms with Gasteiger partial charge in [0.05, 0.1) is 35.1 Å². The van der Waals surface area contributed by atoms with Crippen molar-refractivity contribution < 1.29 is 27.8 Å². The Morgan fingerprint density at radius 2 is 1.08 bits per heavy atom. The fraction of sp³-hybridized carbons (Fsp3) is 0.0385. The van der Waals surface area contributed by atoms with Crippen LogP contribution in [-0.4, -0.2) is 59.8 Å². The Balaban J connectivity index is 0.000000184. The number of aromatic nitrogens is 10. The van der Waals surface area contributed by atoms with E-state index in [9.17, 15) is 28.0 Å². The molecule has 5 N–H and O–H groups in total. The first-order valence-electron chi connectivity index (χ1n) is 22.1. The first-order valence-corrected chi connectivity index (χ1v) is 22.5. The van der Waals surface area contributed by atoms with Crippen molar-refractivity contribution in [1.82, 2.24) is 48.6 Å². The van der Waals surface area contributed by atoms with Gasteiger partial charge in [0.2, 0.25) is 23.0 Å². The molecule has 20 nitrogen and oxygen atoms in total. The smallest absolute Gasteiger partial charge is 0.299 e. The minimum atomic E-state index is -0.518. The van der Waals surface area contributed by atoms with Crippen LogP contribution in [0.3, 0.4) is 0 Å². The van der Waals surface area contributed by atoms with Crippen LogP contribution in [-0.2, 0) is 23.7 Å². The van der Waals surface area contributed by atoms with Crippen molar-refractivity contribution >= 4 is 79.5 Å². The number of nitrogen functional groups attached to an aromatic ring is 1. The van der Waals surface area contributed by atoms with E-state index in [0.29, 0.717) is 67.9 Å². The topological polar surface area (TPSA) is 246 Å². The van der Waals surface area contributed by atoms with Crippen molar-refractivity contribution in [3.63, 3.8) is 0 Å². The Hall–Kier alpha value is -10.4. The molecule has 10 rings (SSSR count). The second kappa shape index (κ2) is 22.8. The molecule has 0 saturated heterocycles. The Labute approximate surface area is 428 Å². The van der Waals surface area contributed by atoms with Gasteiger partial charge < -0.3 is 31.2 Å². The van der Waals surface area contributed by atoms with Crippen molar-refractivity contribution in [2.45, 2.75) is 0 Å². The molecule has 376 valence electrons. The highest BCUT2D eigenvalue weighted by Gasteiger charge is 2.18. The van der Waals surface area contributed by atoms with E-state index >= 15 is 0 Å². The van der Waals surface area contributed by atoms with E-state index in [-0.39, 0.29) is 23.2 Å². The quantitative estimate of drug-likeness (QED) is 0.0478. The maximum absolute atomic E-state index is 13.7. The first kappa shape index (κ1) is 51.0. The minimum Gasteiger partial charge on any atom is -0.452 e. The van der Waals surface area contributed by atoms with E-state index in [1.165, 1.54) is 63.7 Å². The van der Waals surface area contributed by atoms with Crippen LogP contribution in [0.1, 0.15) is 0 Å². The zero-order valence-corrected chi connectivity index (χ0v) is 40.3. The lowest BCUT2D eigenvalue weighted by Crippen LogP contribution is -2.21. The molecule has 10 aromatic rings. The maximum atomic E-state index is 13.7. The van der Waals surface area contributed by atoms with Crippen molar-refractivity contribution in [2.75, 3.05) is 21.7 Å². The van der Waals surface area contributed by atoms with Crippen LogP contribution in [0.2, 0.25) is 0 Å². The lowest BCUT2D eigenvalue weighted by atomic mass is 10.2. The Morgan fingerprint density at radius 3 is 1.49 bits per heavy atom. The summed E-state index contributed by atoms with van der Waals surface area (Å²) in [6.45, 7) is 6.54. The number of pyridine rings is 2. The second-order valence-corrected chi connectivity index (χ2v) is 16.1. The number of hydrogen-bond acceptors (Lipinski definition) is 15.